The van der Waals surface area contributed by atoms with Crippen molar-refractivity contribution in [3.8, 4) is 5.75 Å². The van der Waals surface area contributed by atoms with Crippen LogP contribution in [0, 0.1) is 18.7 Å². The zero-order valence-electron chi connectivity index (χ0n) is 18.6. The molecule has 0 bridgehead atoms. The third kappa shape index (κ3) is 5.76. The number of nitrogens with zero attached hydrogens (tertiary/aromatic N) is 1. The largest absolute Gasteiger partial charge is 0.489 e. The van der Waals surface area contributed by atoms with Crippen molar-refractivity contribution in [3.63, 3.8) is 0 Å². The molecule has 1 aromatic rings. The second-order valence-electron chi connectivity index (χ2n) is 9.04. The second-order valence-corrected chi connectivity index (χ2v) is 13.9. The van der Waals surface area contributed by atoms with Gasteiger partial charge in [0.15, 0.2) is 8.32 Å². The van der Waals surface area contributed by atoms with Crippen LogP contribution in [0.2, 0.25) is 18.1 Å². The van der Waals surface area contributed by atoms with Crippen LogP contribution in [0.1, 0.15) is 45.2 Å². The Balaban J connectivity index is 1.96. The van der Waals surface area contributed by atoms with Gasteiger partial charge >= 0.3 is 0 Å². The zero-order chi connectivity index (χ0) is 21.8. The number of hydrazone groups is 1. The van der Waals surface area contributed by atoms with Gasteiger partial charge in [-0.3, -0.25) is 4.79 Å². The van der Waals surface area contributed by atoms with Crippen LogP contribution in [0.5, 0.6) is 5.75 Å². The van der Waals surface area contributed by atoms with Crippen molar-refractivity contribution >= 4 is 19.9 Å². The van der Waals surface area contributed by atoms with E-state index < -0.39 is 8.32 Å². The first-order valence-corrected chi connectivity index (χ1v) is 12.9. The molecule has 0 radical (unpaired) electrons. The quantitative estimate of drug-likeness (QED) is 0.501. The van der Waals surface area contributed by atoms with Gasteiger partial charge in [-0.05, 0) is 43.3 Å². The second kappa shape index (κ2) is 9.22. The molecule has 1 amide bonds. The molecule has 1 N–H and O–H groups in total. The number of halogens is 1. The normalized spacial score (nSPS) is 18.0. The summed E-state index contributed by atoms with van der Waals surface area (Å²) in [5.41, 5.74) is 3.82. The van der Waals surface area contributed by atoms with Gasteiger partial charge in [0.1, 0.15) is 18.2 Å². The maximum absolute atomic E-state index is 14.9. The molecule has 0 aromatic heterocycles. The molecule has 0 aliphatic carbocycles. The summed E-state index contributed by atoms with van der Waals surface area (Å²) in [4.78, 5) is 11.4. The topological polar surface area (TPSA) is 59.9 Å². The number of carbonyl (C=O) groups excluding carboxylic acids is 1. The molecule has 2 rings (SSSR count). The van der Waals surface area contributed by atoms with Crippen LogP contribution in [-0.2, 0) is 9.22 Å². The summed E-state index contributed by atoms with van der Waals surface area (Å²) in [5, 5.41) is 4.22. The van der Waals surface area contributed by atoms with Crippen molar-refractivity contribution in [1.82, 2.24) is 5.43 Å². The van der Waals surface area contributed by atoms with Crippen molar-refractivity contribution < 1.29 is 18.3 Å². The molecule has 1 aromatic carbocycles. The minimum Gasteiger partial charge on any atom is -0.489 e. The van der Waals surface area contributed by atoms with Crippen molar-refractivity contribution in [1.29, 1.82) is 0 Å². The van der Waals surface area contributed by atoms with Gasteiger partial charge in [-0.15, -0.1) is 0 Å². The van der Waals surface area contributed by atoms with Crippen LogP contribution >= 0.6 is 0 Å². The van der Waals surface area contributed by atoms with Crippen LogP contribution in [0.25, 0.3) is 0 Å². The molecule has 0 saturated carbocycles. The van der Waals surface area contributed by atoms with Gasteiger partial charge < -0.3 is 9.16 Å². The highest BCUT2D eigenvalue weighted by atomic mass is 28.4. The van der Waals surface area contributed by atoms with E-state index in [1.165, 1.54) is 0 Å². The number of carbonyl (C=O) groups is 1. The highest BCUT2D eigenvalue weighted by Gasteiger charge is 2.36. The Labute approximate surface area is 174 Å². The van der Waals surface area contributed by atoms with E-state index in [9.17, 15) is 9.18 Å². The Morgan fingerprint density at radius 3 is 2.55 bits per heavy atom. The Hall–Kier alpha value is -1.99. The van der Waals surface area contributed by atoms with Gasteiger partial charge in [0.25, 0.3) is 0 Å². The average molecular weight is 421 g/mol. The molecule has 0 saturated heterocycles. The number of benzene rings is 1. The summed E-state index contributed by atoms with van der Waals surface area (Å²) in [6, 6.07) is 3.41. The van der Waals surface area contributed by atoms with Crippen molar-refractivity contribution in [2.24, 2.45) is 11.0 Å². The Kier molecular flexibility index (Phi) is 7.40. The number of rotatable bonds is 7. The molecule has 160 valence electrons. The molecular formula is C22H33FN2O3Si. The van der Waals surface area contributed by atoms with E-state index in [-0.39, 0.29) is 22.7 Å². The van der Waals surface area contributed by atoms with E-state index in [4.69, 9.17) is 9.16 Å². The van der Waals surface area contributed by atoms with E-state index >= 15 is 0 Å². The molecule has 0 fully saturated rings. The van der Waals surface area contributed by atoms with Gasteiger partial charge in [-0.25, -0.2) is 9.82 Å². The van der Waals surface area contributed by atoms with Crippen LogP contribution in [0.3, 0.4) is 0 Å². The number of nitrogens with one attached hydrogen (secondary N) is 1. The first-order chi connectivity index (χ1) is 13.4. The summed E-state index contributed by atoms with van der Waals surface area (Å²) >= 11 is 0. The molecule has 1 unspecified atom stereocenters. The van der Waals surface area contributed by atoms with Crippen LogP contribution < -0.4 is 10.2 Å². The smallest absolute Gasteiger partial charge is 0.240 e. The maximum Gasteiger partial charge on any atom is 0.240 e. The highest BCUT2D eigenvalue weighted by Crippen LogP contribution is 2.36. The third-order valence-electron chi connectivity index (χ3n) is 5.72. The van der Waals surface area contributed by atoms with E-state index in [2.05, 4.69) is 44.4 Å². The molecule has 1 atom stereocenters. The van der Waals surface area contributed by atoms with E-state index in [0.717, 1.165) is 0 Å². The van der Waals surface area contributed by atoms with Gasteiger partial charge in [0.05, 0.1) is 12.3 Å². The molecule has 1 aliphatic rings. The third-order valence-corrected chi connectivity index (χ3v) is 10.2. The summed E-state index contributed by atoms with van der Waals surface area (Å²) < 4.78 is 26.7. The fraction of sp³-hybridized carbons (Fsp3) is 0.545. The van der Waals surface area contributed by atoms with Crippen molar-refractivity contribution in [2.45, 2.75) is 59.2 Å². The van der Waals surface area contributed by atoms with E-state index in [1.807, 2.05) is 19.1 Å². The lowest BCUT2D eigenvalue weighted by Crippen LogP contribution is -2.40. The van der Waals surface area contributed by atoms with Gasteiger partial charge in [0.2, 0.25) is 5.91 Å². The van der Waals surface area contributed by atoms with Gasteiger partial charge in [-0.1, -0.05) is 33.8 Å². The van der Waals surface area contributed by atoms with Crippen molar-refractivity contribution in [3.05, 3.63) is 41.2 Å². The summed E-state index contributed by atoms with van der Waals surface area (Å²) in [6.07, 6.45) is 4.14. The molecule has 29 heavy (non-hydrogen) atoms. The summed E-state index contributed by atoms with van der Waals surface area (Å²) in [7, 11) is -1.76. The summed E-state index contributed by atoms with van der Waals surface area (Å²) in [5.74, 6) is -0.153. The van der Waals surface area contributed by atoms with E-state index in [0.29, 0.717) is 42.2 Å². The zero-order valence-corrected chi connectivity index (χ0v) is 19.6. The standard InChI is InChI=1S/C22H33FN2O3Si/c1-15-14-19(26)24-25-21(15)17-10-11-18(16(2)20(17)23)27-12-8-9-13-28-29(6,7)22(3,4)5/h8-11,15H,12-14H2,1-7H3,(H,24,26)/b9-8-. The van der Waals surface area contributed by atoms with Crippen LogP contribution in [0.15, 0.2) is 29.4 Å². The fourth-order valence-electron chi connectivity index (χ4n) is 2.75. The number of hydrogen-bond acceptors (Lipinski definition) is 4. The summed E-state index contributed by atoms with van der Waals surface area (Å²) in [6.45, 7) is 15.5. The fourth-order valence-corrected chi connectivity index (χ4v) is 3.69. The molecular weight excluding hydrogens is 387 g/mol. The van der Waals surface area contributed by atoms with Gasteiger partial charge in [-0.2, -0.15) is 5.10 Å². The minimum atomic E-state index is -1.76. The lowest BCUT2D eigenvalue weighted by molar-refractivity contribution is -0.121. The monoisotopic (exact) mass is 420 g/mol. The lowest BCUT2D eigenvalue weighted by atomic mass is 9.92. The number of amides is 1. The molecule has 1 heterocycles. The maximum atomic E-state index is 14.9. The van der Waals surface area contributed by atoms with Crippen LogP contribution in [-0.4, -0.2) is 33.2 Å². The molecule has 1 aliphatic heterocycles. The Morgan fingerprint density at radius 2 is 1.93 bits per heavy atom. The predicted octanol–water partition coefficient (Wildman–Crippen LogP) is 4.95. The SMILES string of the molecule is Cc1c(OC/C=C\CO[Si](C)(C)C(C)(C)C)ccc(C2=NNC(=O)CC2C)c1F. The lowest BCUT2D eigenvalue weighted by Gasteiger charge is -2.35. The highest BCUT2D eigenvalue weighted by molar-refractivity contribution is 6.74. The number of hydrogen-bond donors (Lipinski definition) is 1. The molecule has 7 heteroatoms. The molecule has 5 nitrogen and oxygen atoms in total. The minimum absolute atomic E-state index is 0.131. The average Bonchev–Trinajstić information content (AvgIpc) is 2.61. The van der Waals surface area contributed by atoms with Gasteiger partial charge in [0, 0.05) is 23.5 Å². The first kappa shape index (κ1) is 23.3. The Bertz CT molecular complexity index is 813. The molecule has 0 spiro atoms. The number of ether oxygens (including phenoxy) is 1. The first-order valence-electron chi connectivity index (χ1n) is 10.0. The Morgan fingerprint density at radius 1 is 1.28 bits per heavy atom. The van der Waals surface area contributed by atoms with E-state index in [1.54, 1.807) is 19.1 Å². The van der Waals surface area contributed by atoms with Crippen molar-refractivity contribution in [2.75, 3.05) is 13.2 Å². The van der Waals surface area contributed by atoms with Crippen LogP contribution in [0.4, 0.5) is 4.39 Å². The predicted molar refractivity (Wildman–Crippen MR) is 117 cm³/mol.